The van der Waals surface area contributed by atoms with E-state index in [0.29, 0.717) is 48.5 Å². The number of ether oxygens (including phenoxy) is 1. The van der Waals surface area contributed by atoms with Crippen LogP contribution in [0.3, 0.4) is 0 Å². The number of hydrogen-bond donors (Lipinski definition) is 3. The highest BCUT2D eigenvalue weighted by molar-refractivity contribution is 6.02. The van der Waals surface area contributed by atoms with Crippen molar-refractivity contribution in [2.24, 2.45) is 0 Å². The van der Waals surface area contributed by atoms with Crippen LogP contribution < -0.4 is 15.4 Å². The summed E-state index contributed by atoms with van der Waals surface area (Å²) in [6.45, 7) is 1.24. The van der Waals surface area contributed by atoms with Crippen molar-refractivity contribution in [3.05, 3.63) is 24.4 Å². The van der Waals surface area contributed by atoms with E-state index in [9.17, 15) is 9.90 Å². The number of nitrogens with zero attached hydrogens (tertiary/aromatic N) is 2. The number of anilines is 1. The number of hydrogen-bond acceptors (Lipinski definition) is 6. The van der Waals surface area contributed by atoms with E-state index >= 15 is 0 Å². The normalized spacial score (nSPS) is 15.8. The van der Waals surface area contributed by atoms with Crippen molar-refractivity contribution >= 4 is 47.4 Å². The second-order valence-corrected chi connectivity index (χ2v) is 5.32. The van der Waals surface area contributed by atoms with Crippen molar-refractivity contribution < 1.29 is 14.6 Å². The molecule has 0 unspecified atom stereocenters. The van der Waals surface area contributed by atoms with Crippen LogP contribution in [-0.2, 0) is 4.79 Å². The van der Waals surface area contributed by atoms with E-state index in [0.717, 1.165) is 0 Å². The molecule has 3 N–H and O–H groups in total. The summed E-state index contributed by atoms with van der Waals surface area (Å²) in [5, 5.41) is 16.4. The molecule has 1 aliphatic heterocycles. The maximum atomic E-state index is 12.4. The van der Waals surface area contributed by atoms with Crippen LogP contribution in [0.1, 0.15) is 12.8 Å². The minimum Gasteiger partial charge on any atom is -0.481 e. The minimum atomic E-state index is -1.35. The highest BCUT2D eigenvalue weighted by atomic mass is 35.5. The Balaban J connectivity index is 0.00000144. The predicted molar refractivity (Wildman–Crippen MR) is 96.3 cm³/mol. The van der Waals surface area contributed by atoms with Crippen LogP contribution >= 0.6 is 24.8 Å². The maximum Gasteiger partial charge on any atom is 0.256 e. The molecular formula is C15H20Cl2N4O3. The standard InChI is InChI=1S/C15H18N4O3.2ClH/c1-22-12-3-2-10-13(19-12)11(4-7-17-10)18-14(20)15(21)5-8-16-9-6-15;;/h2-4,7,16,21H,5-6,8-9H2,1H3,(H,17,18,20);2*1H. The van der Waals surface area contributed by atoms with E-state index in [1.807, 2.05) is 0 Å². The fourth-order valence-corrected chi connectivity index (χ4v) is 2.53. The summed E-state index contributed by atoms with van der Waals surface area (Å²) in [6.07, 6.45) is 2.37. The quantitative estimate of drug-likeness (QED) is 0.753. The van der Waals surface area contributed by atoms with Gasteiger partial charge in [-0.2, -0.15) is 0 Å². The van der Waals surface area contributed by atoms with Gasteiger partial charge in [0.15, 0.2) is 0 Å². The van der Waals surface area contributed by atoms with Gasteiger partial charge in [0.25, 0.3) is 5.91 Å². The summed E-state index contributed by atoms with van der Waals surface area (Å²) in [5.74, 6) is 0.0303. The first-order valence-corrected chi connectivity index (χ1v) is 7.17. The van der Waals surface area contributed by atoms with E-state index in [-0.39, 0.29) is 24.8 Å². The molecule has 0 saturated carbocycles. The lowest BCUT2D eigenvalue weighted by molar-refractivity contribution is -0.136. The molecule has 1 aliphatic rings. The summed E-state index contributed by atoms with van der Waals surface area (Å²) in [6, 6.07) is 5.15. The van der Waals surface area contributed by atoms with Gasteiger partial charge in [-0.05, 0) is 38.1 Å². The number of fused-ring (bicyclic) bond motifs is 1. The number of amides is 1. The molecule has 0 aliphatic carbocycles. The van der Waals surface area contributed by atoms with Crippen molar-refractivity contribution in [1.82, 2.24) is 15.3 Å². The Bertz CT molecular complexity index is 708. The zero-order chi connectivity index (χ0) is 15.6. The zero-order valence-corrected chi connectivity index (χ0v) is 14.7. The van der Waals surface area contributed by atoms with E-state index in [1.54, 1.807) is 24.4 Å². The van der Waals surface area contributed by atoms with Gasteiger partial charge < -0.3 is 20.5 Å². The fraction of sp³-hybridized carbons (Fsp3) is 0.400. The first-order valence-electron chi connectivity index (χ1n) is 7.17. The van der Waals surface area contributed by atoms with Gasteiger partial charge in [-0.15, -0.1) is 24.8 Å². The Hall–Kier alpha value is -1.67. The Kier molecular flexibility index (Phi) is 7.16. The molecule has 1 saturated heterocycles. The number of aromatic nitrogens is 2. The average molecular weight is 375 g/mol. The molecule has 0 aromatic carbocycles. The first kappa shape index (κ1) is 20.4. The van der Waals surface area contributed by atoms with Gasteiger partial charge in [0.2, 0.25) is 5.88 Å². The number of nitrogens with one attached hydrogen (secondary N) is 2. The molecular weight excluding hydrogens is 355 g/mol. The van der Waals surface area contributed by atoms with Crippen molar-refractivity contribution in [2.45, 2.75) is 18.4 Å². The highest BCUT2D eigenvalue weighted by Crippen LogP contribution is 2.25. The number of rotatable bonds is 3. The zero-order valence-electron chi connectivity index (χ0n) is 13.1. The molecule has 0 atom stereocenters. The molecule has 24 heavy (non-hydrogen) atoms. The van der Waals surface area contributed by atoms with Gasteiger partial charge in [0.05, 0.1) is 18.3 Å². The van der Waals surface area contributed by atoms with Crippen molar-refractivity contribution in [1.29, 1.82) is 0 Å². The first-order chi connectivity index (χ1) is 10.6. The summed E-state index contributed by atoms with van der Waals surface area (Å²) in [4.78, 5) is 21.0. The van der Waals surface area contributed by atoms with Gasteiger partial charge in [-0.3, -0.25) is 9.78 Å². The number of pyridine rings is 2. The molecule has 1 fully saturated rings. The second-order valence-electron chi connectivity index (χ2n) is 5.32. The minimum absolute atomic E-state index is 0. The molecule has 0 bridgehead atoms. The largest absolute Gasteiger partial charge is 0.481 e. The molecule has 3 rings (SSSR count). The monoisotopic (exact) mass is 374 g/mol. The lowest BCUT2D eigenvalue weighted by atomic mass is 9.91. The molecule has 3 heterocycles. The van der Waals surface area contributed by atoms with E-state index in [4.69, 9.17) is 4.74 Å². The van der Waals surface area contributed by atoms with Crippen LogP contribution in [0.25, 0.3) is 11.0 Å². The summed E-state index contributed by atoms with van der Waals surface area (Å²) >= 11 is 0. The van der Waals surface area contributed by atoms with Crippen LogP contribution in [-0.4, -0.2) is 46.8 Å². The van der Waals surface area contributed by atoms with Gasteiger partial charge in [-0.1, -0.05) is 0 Å². The number of piperidine rings is 1. The number of carbonyl (C=O) groups is 1. The number of aliphatic hydroxyl groups is 1. The lowest BCUT2D eigenvalue weighted by Crippen LogP contribution is -2.50. The fourth-order valence-electron chi connectivity index (χ4n) is 2.53. The third-order valence-corrected chi connectivity index (χ3v) is 3.87. The smallest absolute Gasteiger partial charge is 0.256 e. The molecule has 9 heteroatoms. The molecule has 7 nitrogen and oxygen atoms in total. The Labute approximate surface area is 152 Å². The summed E-state index contributed by atoms with van der Waals surface area (Å²) < 4.78 is 5.11. The van der Waals surface area contributed by atoms with Crippen molar-refractivity contribution in [3.8, 4) is 5.88 Å². The van der Waals surface area contributed by atoms with Gasteiger partial charge in [0, 0.05) is 12.3 Å². The number of carbonyl (C=O) groups excluding carboxylic acids is 1. The molecule has 2 aromatic rings. The molecule has 2 aromatic heterocycles. The van der Waals surface area contributed by atoms with Gasteiger partial charge in [-0.25, -0.2) is 4.98 Å². The second kappa shape index (κ2) is 8.43. The number of methoxy groups -OCH3 is 1. The van der Waals surface area contributed by atoms with Crippen LogP contribution in [0.2, 0.25) is 0 Å². The summed E-state index contributed by atoms with van der Waals surface area (Å²) in [5.41, 5.74) is 0.351. The molecule has 132 valence electrons. The van der Waals surface area contributed by atoms with E-state index in [1.165, 1.54) is 7.11 Å². The Morgan fingerprint density at radius 3 is 2.67 bits per heavy atom. The van der Waals surface area contributed by atoms with Crippen LogP contribution in [0.15, 0.2) is 24.4 Å². The van der Waals surface area contributed by atoms with Gasteiger partial charge in [0.1, 0.15) is 11.1 Å². The summed E-state index contributed by atoms with van der Waals surface area (Å²) in [7, 11) is 1.53. The maximum absolute atomic E-state index is 12.4. The highest BCUT2D eigenvalue weighted by Gasteiger charge is 2.37. The Morgan fingerprint density at radius 2 is 2.00 bits per heavy atom. The van der Waals surface area contributed by atoms with Crippen LogP contribution in [0.5, 0.6) is 5.88 Å². The average Bonchev–Trinajstić information content (AvgIpc) is 2.55. The van der Waals surface area contributed by atoms with Crippen LogP contribution in [0, 0.1) is 0 Å². The van der Waals surface area contributed by atoms with E-state index < -0.39 is 11.5 Å². The Morgan fingerprint density at radius 1 is 1.29 bits per heavy atom. The van der Waals surface area contributed by atoms with Gasteiger partial charge >= 0.3 is 0 Å². The third-order valence-electron chi connectivity index (χ3n) is 3.87. The molecule has 0 spiro atoms. The lowest BCUT2D eigenvalue weighted by Gasteiger charge is -2.31. The number of halogens is 2. The van der Waals surface area contributed by atoms with Crippen molar-refractivity contribution in [2.75, 3.05) is 25.5 Å². The molecule has 0 radical (unpaired) electrons. The van der Waals surface area contributed by atoms with Crippen LogP contribution in [0.4, 0.5) is 5.69 Å². The topological polar surface area (TPSA) is 96.4 Å². The third kappa shape index (κ3) is 4.05. The van der Waals surface area contributed by atoms with E-state index in [2.05, 4.69) is 20.6 Å². The van der Waals surface area contributed by atoms with Crippen molar-refractivity contribution in [3.63, 3.8) is 0 Å². The predicted octanol–water partition coefficient (Wildman–Crippen LogP) is 1.53. The molecule has 1 amide bonds. The SMILES string of the molecule is COc1ccc2nccc(NC(=O)C3(O)CCNCC3)c2n1.Cl.Cl.